The highest BCUT2D eigenvalue weighted by Gasteiger charge is 2.28. The van der Waals surface area contributed by atoms with E-state index in [0.29, 0.717) is 25.7 Å². The number of carbonyl (C=O) groups is 1. The van der Waals surface area contributed by atoms with Gasteiger partial charge < -0.3 is 14.6 Å². The fourth-order valence-electron chi connectivity index (χ4n) is 3.18. The molecule has 7 heteroatoms. The van der Waals surface area contributed by atoms with Crippen LogP contribution in [-0.4, -0.2) is 51.4 Å². The highest BCUT2D eigenvalue weighted by atomic mass is 16.5. The van der Waals surface area contributed by atoms with Crippen molar-refractivity contribution in [1.82, 2.24) is 25.0 Å². The minimum Gasteiger partial charge on any atom is -0.366 e. The van der Waals surface area contributed by atoms with E-state index in [2.05, 4.69) is 37.1 Å². The van der Waals surface area contributed by atoms with Gasteiger partial charge in [0.05, 0.1) is 13.2 Å². The molecule has 1 aromatic heterocycles. The monoisotopic (exact) mass is 341 g/mol. The number of hydrogen-bond donors (Lipinski definition) is 1. The van der Waals surface area contributed by atoms with Gasteiger partial charge in [-0.25, -0.2) is 0 Å². The molecule has 1 saturated heterocycles. The fourth-order valence-corrected chi connectivity index (χ4v) is 3.18. The van der Waals surface area contributed by atoms with Crippen molar-refractivity contribution >= 4 is 5.91 Å². The van der Waals surface area contributed by atoms with Crippen molar-refractivity contribution in [3.8, 4) is 0 Å². The van der Waals surface area contributed by atoms with Gasteiger partial charge >= 0.3 is 0 Å². The second-order valence-electron chi connectivity index (χ2n) is 6.68. The third-order valence-electron chi connectivity index (χ3n) is 4.70. The maximum atomic E-state index is 12.5. The maximum Gasteiger partial charge on any atom is 0.250 e. The van der Waals surface area contributed by atoms with Gasteiger partial charge in [-0.15, -0.1) is 10.2 Å². The van der Waals surface area contributed by atoms with Crippen LogP contribution >= 0.6 is 0 Å². The van der Waals surface area contributed by atoms with Crippen molar-refractivity contribution in [3.05, 3.63) is 48.0 Å². The van der Waals surface area contributed by atoms with Crippen LogP contribution in [0.2, 0.25) is 0 Å². The van der Waals surface area contributed by atoms with Gasteiger partial charge in [0.2, 0.25) is 0 Å². The Kier molecular flexibility index (Phi) is 4.76. The Hall–Kier alpha value is -2.25. The van der Waals surface area contributed by atoms with Crippen molar-refractivity contribution in [2.45, 2.75) is 38.1 Å². The largest absolute Gasteiger partial charge is 0.366 e. The van der Waals surface area contributed by atoms with Crippen molar-refractivity contribution in [2.24, 2.45) is 0 Å². The van der Waals surface area contributed by atoms with Crippen LogP contribution in [0.4, 0.5) is 0 Å². The van der Waals surface area contributed by atoms with Crippen LogP contribution < -0.4 is 5.32 Å². The average Bonchev–Trinajstić information content (AvgIpc) is 3.39. The standard InChI is InChI=1S/C18H23N5O2/c24-18(19-10-17-21-20-13-23(17)15-6-7-15)16-12-22(8-9-25-16)11-14-4-2-1-3-5-14/h1-5,13,15-16H,6-12H2,(H,19,24)/t16-/m1/s1. The van der Waals surface area contributed by atoms with Gasteiger partial charge in [0.15, 0.2) is 5.82 Å². The van der Waals surface area contributed by atoms with Crippen molar-refractivity contribution in [1.29, 1.82) is 0 Å². The molecular weight excluding hydrogens is 318 g/mol. The van der Waals surface area contributed by atoms with E-state index in [1.807, 2.05) is 18.2 Å². The molecule has 1 N–H and O–H groups in total. The Labute approximate surface area is 147 Å². The van der Waals surface area contributed by atoms with Gasteiger partial charge in [-0.3, -0.25) is 9.69 Å². The molecule has 7 nitrogen and oxygen atoms in total. The molecule has 1 amide bonds. The topological polar surface area (TPSA) is 72.3 Å². The van der Waals surface area contributed by atoms with Crippen molar-refractivity contribution < 1.29 is 9.53 Å². The number of rotatable bonds is 6. The second-order valence-corrected chi connectivity index (χ2v) is 6.68. The minimum absolute atomic E-state index is 0.0805. The Balaban J connectivity index is 1.30. The molecule has 0 unspecified atom stereocenters. The average molecular weight is 341 g/mol. The van der Waals surface area contributed by atoms with Crippen LogP contribution in [0.1, 0.15) is 30.3 Å². The lowest BCUT2D eigenvalue weighted by Gasteiger charge is -2.32. The van der Waals surface area contributed by atoms with Crippen molar-refractivity contribution in [2.75, 3.05) is 19.7 Å². The van der Waals surface area contributed by atoms with Crippen LogP contribution in [0.25, 0.3) is 0 Å². The summed E-state index contributed by atoms with van der Waals surface area (Å²) in [5, 5.41) is 11.0. The van der Waals surface area contributed by atoms with Crippen LogP contribution in [0.5, 0.6) is 0 Å². The number of hydrogen-bond acceptors (Lipinski definition) is 5. The number of nitrogens with zero attached hydrogens (tertiary/aromatic N) is 4. The predicted molar refractivity (Wildman–Crippen MR) is 91.6 cm³/mol. The number of morpholine rings is 1. The summed E-state index contributed by atoms with van der Waals surface area (Å²) in [5.41, 5.74) is 1.25. The summed E-state index contributed by atoms with van der Waals surface area (Å²) < 4.78 is 7.73. The van der Waals surface area contributed by atoms with Gasteiger partial charge in [-0.1, -0.05) is 30.3 Å². The first-order chi connectivity index (χ1) is 12.3. The normalized spacial score (nSPS) is 21.2. The summed E-state index contributed by atoms with van der Waals surface area (Å²) in [6.45, 7) is 3.26. The quantitative estimate of drug-likeness (QED) is 0.853. The molecule has 1 aromatic carbocycles. The summed E-state index contributed by atoms with van der Waals surface area (Å²) in [5.74, 6) is 0.732. The predicted octanol–water partition coefficient (Wildman–Crippen LogP) is 1.13. The molecule has 1 aliphatic heterocycles. The number of amides is 1. The van der Waals surface area contributed by atoms with Gasteiger partial charge in [0, 0.05) is 25.7 Å². The Bertz CT molecular complexity index is 713. The minimum atomic E-state index is -0.435. The number of carbonyl (C=O) groups excluding carboxylic acids is 1. The summed E-state index contributed by atoms with van der Waals surface area (Å²) in [4.78, 5) is 14.7. The fraction of sp³-hybridized carbons (Fsp3) is 0.500. The van der Waals surface area contributed by atoms with E-state index in [1.165, 1.54) is 18.4 Å². The third-order valence-corrected chi connectivity index (χ3v) is 4.70. The first-order valence-electron chi connectivity index (χ1n) is 8.83. The van der Waals surface area contributed by atoms with E-state index in [4.69, 9.17) is 4.74 Å². The summed E-state index contributed by atoms with van der Waals surface area (Å²) in [7, 11) is 0. The molecule has 1 atom stereocenters. The molecule has 2 aliphatic rings. The van der Waals surface area contributed by atoms with Crippen LogP contribution in [-0.2, 0) is 22.6 Å². The zero-order valence-electron chi connectivity index (χ0n) is 14.2. The number of aromatic nitrogens is 3. The molecule has 2 fully saturated rings. The lowest BCUT2D eigenvalue weighted by atomic mass is 10.2. The summed E-state index contributed by atoms with van der Waals surface area (Å²) in [6.07, 6.45) is 3.64. The maximum absolute atomic E-state index is 12.5. The van der Waals surface area contributed by atoms with Gasteiger partial charge in [0.1, 0.15) is 12.4 Å². The number of nitrogens with one attached hydrogen (secondary N) is 1. The van der Waals surface area contributed by atoms with Gasteiger partial charge in [-0.2, -0.15) is 0 Å². The molecule has 25 heavy (non-hydrogen) atoms. The first-order valence-corrected chi connectivity index (χ1v) is 8.83. The molecular formula is C18H23N5O2. The SMILES string of the molecule is O=C(NCc1nncn1C1CC1)[C@H]1CN(Cc2ccccc2)CCO1. The van der Waals surface area contributed by atoms with E-state index >= 15 is 0 Å². The lowest BCUT2D eigenvalue weighted by Crippen LogP contribution is -2.49. The molecule has 4 rings (SSSR count). The lowest BCUT2D eigenvalue weighted by molar-refractivity contribution is -0.139. The van der Waals surface area contributed by atoms with Crippen molar-refractivity contribution in [3.63, 3.8) is 0 Å². The number of benzene rings is 1. The molecule has 1 saturated carbocycles. The van der Waals surface area contributed by atoms with Crippen LogP contribution in [0, 0.1) is 0 Å². The van der Waals surface area contributed by atoms with Crippen LogP contribution in [0.15, 0.2) is 36.7 Å². The highest BCUT2D eigenvalue weighted by molar-refractivity contribution is 5.81. The Morgan fingerprint density at radius 1 is 1.28 bits per heavy atom. The molecule has 2 heterocycles. The summed E-state index contributed by atoms with van der Waals surface area (Å²) >= 11 is 0. The van der Waals surface area contributed by atoms with E-state index in [0.717, 1.165) is 18.9 Å². The van der Waals surface area contributed by atoms with Gasteiger partial charge in [0.25, 0.3) is 5.91 Å². The Morgan fingerprint density at radius 3 is 2.92 bits per heavy atom. The van der Waals surface area contributed by atoms with Gasteiger partial charge in [-0.05, 0) is 18.4 Å². The van der Waals surface area contributed by atoms with Crippen LogP contribution in [0.3, 0.4) is 0 Å². The molecule has 0 radical (unpaired) electrons. The third kappa shape index (κ3) is 4.05. The number of ether oxygens (including phenoxy) is 1. The summed E-state index contributed by atoms with van der Waals surface area (Å²) in [6, 6.07) is 10.8. The first kappa shape index (κ1) is 16.2. The zero-order chi connectivity index (χ0) is 17.1. The molecule has 1 aliphatic carbocycles. The highest BCUT2D eigenvalue weighted by Crippen LogP contribution is 2.35. The molecule has 0 bridgehead atoms. The second kappa shape index (κ2) is 7.33. The van der Waals surface area contributed by atoms with E-state index < -0.39 is 6.10 Å². The van der Waals surface area contributed by atoms with E-state index in [-0.39, 0.29) is 5.91 Å². The Morgan fingerprint density at radius 2 is 2.12 bits per heavy atom. The molecule has 132 valence electrons. The smallest absolute Gasteiger partial charge is 0.250 e. The van der Waals surface area contributed by atoms with E-state index in [1.54, 1.807) is 6.33 Å². The molecule has 2 aromatic rings. The zero-order valence-corrected chi connectivity index (χ0v) is 14.2. The van der Waals surface area contributed by atoms with E-state index in [9.17, 15) is 4.79 Å². The molecule has 0 spiro atoms.